The van der Waals surface area contributed by atoms with Gasteiger partial charge in [-0.1, -0.05) is 24.3 Å². The fraction of sp³-hybridized carbons (Fsp3) is 0.400. The van der Waals surface area contributed by atoms with Crippen molar-refractivity contribution in [1.82, 2.24) is 0 Å². The predicted molar refractivity (Wildman–Crippen MR) is 121 cm³/mol. The monoisotopic (exact) mass is 522 g/mol. The lowest BCUT2D eigenvalue weighted by molar-refractivity contribution is 0.0268. The van der Waals surface area contributed by atoms with E-state index in [1.807, 2.05) is 0 Å². The molecule has 0 radical (unpaired) electrons. The van der Waals surface area contributed by atoms with Crippen LogP contribution < -0.4 is 18.9 Å². The summed E-state index contributed by atoms with van der Waals surface area (Å²) >= 11 is 0. The maximum Gasteiger partial charge on any atom is 0.362 e. The molecule has 0 amide bonds. The summed E-state index contributed by atoms with van der Waals surface area (Å²) in [5.41, 5.74) is 0. The largest absolute Gasteiger partial charge is 0.487 e. The van der Waals surface area contributed by atoms with Crippen molar-refractivity contribution >= 4 is 15.2 Å². The second-order valence-corrected chi connectivity index (χ2v) is 9.87. The highest BCUT2D eigenvalue weighted by molar-refractivity contribution is 7.51. The van der Waals surface area contributed by atoms with E-state index in [1.54, 1.807) is 48.5 Å². The van der Waals surface area contributed by atoms with E-state index in [-0.39, 0.29) is 37.9 Å². The molecule has 0 unspecified atom stereocenters. The highest BCUT2D eigenvalue weighted by atomic mass is 31.2. The maximum absolute atomic E-state index is 10.9. The highest BCUT2D eigenvalue weighted by Crippen LogP contribution is 2.37. The van der Waals surface area contributed by atoms with Crippen LogP contribution in [0.25, 0.3) is 0 Å². The lowest BCUT2D eigenvalue weighted by Crippen LogP contribution is -2.14. The number of benzene rings is 2. The van der Waals surface area contributed by atoms with Crippen LogP contribution in [-0.2, 0) is 18.6 Å². The van der Waals surface area contributed by atoms with E-state index >= 15 is 0 Å². The van der Waals surface area contributed by atoms with Gasteiger partial charge in [-0.2, -0.15) is 0 Å². The predicted octanol–water partition coefficient (Wildman–Crippen LogP) is 2.21. The van der Waals surface area contributed by atoms with Crippen LogP contribution in [0, 0.1) is 0 Å². The van der Waals surface area contributed by atoms with Gasteiger partial charge in [-0.25, -0.2) is 0 Å². The van der Waals surface area contributed by atoms with E-state index in [1.165, 1.54) is 0 Å². The summed E-state index contributed by atoms with van der Waals surface area (Å²) in [6, 6.07) is 13.1. The fourth-order valence-electron chi connectivity index (χ4n) is 2.43. The number of hydrogen-bond acceptors (Lipinski definition) is 8. The molecule has 0 atom stereocenters. The molecule has 0 bridgehead atoms. The second kappa shape index (κ2) is 14.3. The quantitative estimate of drug-likeness (QED) is 0.177. The third-order valence-electron chi connectivity index (χ3n) is 3.82. The van der Waals surface area contributed by atoms with E-state index < -0.39 is 27.9 Å². The number of hydrogen-bond donors (Lipinski definition) is 4. The first-order valence-electron chi connectivity index (χ1n) is 10.1. The summed E-state index contributed by atoms with van der Waals surface area (Å²) in [6.45, 7) is 1.53. The van der Waals surface area contributed by atoms with E-state index in [9.17, 15) is 9.13 Å². The molecule has 34 heavy (non-hydrogen) atoms. The van der Waals surface area contributed by atoms with Gasteiger partial charge >= 0.3 is 15.2 Å². The van der Waals surface area contributed by atoms with Gasteiger partial charge < -0.3 is 48.0 Å². The minimum Gasteiger partial charge on any atom is -0.487 e. The summed E-state index contributed by atoms with van der Waals surface area (Å²) in [6.07, 6.45) is -1.48. The van der Waals surface area contributed by atoms with Crippen LogP contribution in [0.2, 0.25) is 0 Å². The molecule has 0 fully saturated rings. The smallest absolute Gasteiger partial charge is 0.362 e. The molecular weight excluding hydrogens is 494 g/mol. The van der Waals surface area contributed by atoms with E-state index in [2.05, 4.69) is 0 Å². The molecule has 190 valence electrons. The molecule has 2 rings (SSSR count). The molecule has 0 aliphatic heterocycles. The molecule has 4 N–H and O–H groups in total. The lowest BCUT2D eigenvalue weighted by atomic mass is 10.3. The van der Waals surface area contributed by atoms with Crippen molar-refractivity contribution < 1.29 is 57.1 Å². The molecule has 0 aliphatic rings. The Morgan fingerprint density at radius 1 is 0.500 bits per heavy atom. The van der Waals surface area contributed by atoms with Gasteiger partial charge in [0.25, 0.3) is 0 Å². The minimum atomic E-state index is -4.29. The van der Waals surface area contributed by atoms with Gasteiger partial charge in [0.15, 0.2) is 35.7 Å². The van der Waals surface area contributed by atoms with Gasteiger partial charge in [-0.05, 0) is 24.3 Å². The van der Waals surface area contributed by atoms with Crippen LogP contribution >= 0.6 is 15.2 Å². The van der Waals surface area contributed by atoms with Gasteiger partial charge in [0.1, 0.15) is 13.2 Å². The number of para-hydroxylation sites is 4. The van der Waals surface area contributed by atoms with Crippen LogP contribution in [0.15, 0.2) is 48.5 Å². The number of ether oxygens (including phenoxy) is 6. The third kappa shape index (κ3) is 12.4. The first-order valence-corrected chi connectivity index (χ1v) is 13.7. The zero-order valence-electron chi connectivity index (χ0n) is 18.2. The molecule has 0 heterocycles. The van der Waals surface area contributed by atoms with Crippen molar-refractivity contribution in [2.75, 3.05) is 52.3 Å². The van der Waals surface area contributed by atoms with Crippen molar-refractivity contribution in [3.63, 3.8) is 0 Å². The van der Waals surface area contributed by atoms with E-state index in [4.69, 9.17) is 48.0 Å². The van der Waals surface area contributed by atoms with Crippen molar-refractivity contribution in [3.05, 3.63) is 48.5 Å². The molecule has 2 aromatic carbocycles. The van der Waals surface area contributed by atoms with E-state index in [0.717, 1.165) is 0 Å². The molecule has 0 spiro atoms. The second-order valence-electron chi connectivity index (χ2n) is 6.69. The molecular formula is C20H28O12P2. The molecule has 0 aromatic heterocycles. The van der Waals surface area contributed by atoms with Gasteiger partial charge in [-0.15, -0.1) is 0 Å². The van der Waals surface area contributed by atoms with Crippen LogP contribution in [-0.4, -0.2) is 71.9 Å². The van der Waals surface area contributed by atoms with Gasteiger partial charge in [0.05, 0.1) is 26.4 Å². The van der Waals surface area contributed by atoms with Crippen molar-refractivity contribution in [3.8, 4) is 23.0 Å². The summed E-state index contributed by atoms with van der Waals surface area (Å²) in [5, 5.41) is 0. The van der Waals surface area contributed by atoms with Crippen LogP contribution in [0.1, 0.15) is 0 Å². The molecule has 0 aliphatic carbocycles. The Kier molecular flexibility index (Phi) is 11.8. The summed E-state index contributed by atoms with van der Waals surface area (Å²) in [4.78, 5) is 35.7. The van der Waals surface area contributed by atoms with Crippen LogP contribution in [0.5, 0.6) is 23.0 Å². The van der Waals surface area contributed by atoms with Gasteiger partial charge in [0.2, 0.25) is 0 Å². The normalized spacial score (nSPS) is 11.8. The molecule has 12 nitrogen and oxygen atoms in total. The van der Waals surface area contributed by atoms with Crippen LogP contribution in [0.3, 0.4) is 0 Å². The van der Waals surface area contributed by atoms with Crippen molar-refractivity contribution in [2.45, 2.75) is 0 Å². The van der Waals surface area contributed by atoms with Crippen molar-refractivity contribution in [1.29, 1.82) is 0 Å². The zero-order chi connectivity index (χ0) is 24.9. The highest BCUT2D eigenvalue weighted by Gasteiger charge is 2.16. The molecule has 0 saturated carbocycles. The fourth-order valence-corrected chi connectivity index (χ4v) is 3.04. The Labute approximate surface area is 196 Å². The van der Waals surface area contributed by atoms with Crippen molar-refractivity contribution in [2.24, 2.45) is 0 Å². The standard InChI is InChI=1S/C20H28O12P2/c21-33(22,23)15-31-19-7-3-1-5-17(19)29-13-11-27-9-10-28-12-14-30-18-6-2-4-8-20(18)32-16-34(24,25)26/h1-8H,9-16H2,(H2,21,22,23)(H2,24,25,26). The third-order valence-corrected chi connectivity index (χ3v) is 4.75. The number of rotatable bonds is 17. The Bertz CT molecular complexity index is 881. The Balaban J connectivity index is 1.56. The van der Waals surface area contributed by atoms with E-state index in [0.29, 0.717) is 24.7 Å². The van der Waals surface area contributed by atoms with Gasteiger partial charge in [-0.3, -0.25) is 9.13 Å². The first kappa shape index (κ1) is 28.1. The minimum absolute atomic E-state index is 0.199. The van der Waals surface area contributed by atoms with Crippen LogP contribution in [0.4, 0.5) is 0 Å². The van der Waals surface area contributed by atoms with Gasteiger partial charge in [0, 0.05) is 0 Å². The molecule has 14 heteroatoms. The Hall–Kier alpha value is -2.14. The first-order chi connectivity index (χ1) is 16.1. The summed E-state index contributed by atoms with van der Waals surface area (Å²) in [5.74, 6) is 1.14. The Morgan fingerprint density at radius 2 is 0.794 bits per heavy atom. The molecule has 0 saturated heterocycles. The summed E-state index contributed by atoms with van der Waals surface area (Å²) < 4.78 is 54.0. The Morgan fingerprint density at radius 3 is 1.12 bits per heavy atom. The average molecular weight is 522 g/mol. The zero-order valence-corrected chi connectivity index (χ0v) is 20.0. The topological polar surface area (TPSA) is 170 Å². The SMILES string of the molecule is O=P(O)(O)COc1ccccc1OCCOCCOCCOc1ccccc1OCP(=O)(O)O. The molecule has 2 aromatic rings. The lowest BCUT2D eigenvalue weighted by Gasteiger charge is -2.13. The summed E-state index contributed by atoms with van der Waals surface area (Å²) in [7, 11) is -8.59. The maximum atomic E-state index is 10.9. The average Bonchev–Trinajstić information content (AvgIpc) is 2.77.